The predicted octanol–water partition coefficient (Wildman–Crippen LogP) is 1.16. The lowest BCUT2D eigenvalue weighted by atomic mass is 10.2. The molecular weight excluding hydrogens is 290 g/mol. The number of ether oxygens (including phenoxy) is 1. The van der Waals surface area contributed by atoms with Gasteiger partial charge in [0.15, 0.2) is 0 Å². The normalized spacial score (nSPS) is 19.2. The van der Waals surface area contributed by atoms with E-state index in [2.05, 4.69) is 4.98 Å². The van der Waals surface area contributed by atoms with Crippen molar-refractivity contribution in [3.05, 3.63) is 27.1 Å². The molecule has 21 heavy (non-hydrogen) atoms. The fraction of sp³-hybridized carbons (Fsp3) is 0.500. The maximum Gasteiger partial charge on any atom is 0.264 e. The molecule has 1 saturated heterocycles. The number of nitrogens with zero attached hydrogens (tertiary/aromatic N) is 3. The molecule has 0 bridgehead atoms. The molecule has 1 atom stereocenters. The maximum absolute atomic E-state index is 12.7. The van der Waals surface area contributed by atoms with E-state index in [0.29, 0.717) is 34.8 Å². The minimum atomic E-state index is -0.108. The van der Waals surface area contributed by atoms with Crippen molar-refractivity contribution in [2.24, 2.45) is 7.05 Å². The molecule has 7 heteroatoms. The van der Waals surface area contributed by atoms with E-state index in [1.165, 1.54) is 22.2 Å². The Morgan fingerprint density at radius 2 is 2.29 bits per heavy atom. The van der Waals surface area contributed by atoms with Gasteiger partial charge in [-0.25, -0.2) is 4.98 Å². The van der Waals surface area contributed by atoms with E-state index in [4.69, 9.17) is 4.74 Å². The van der Waals surface area contributed by atoms with E-state index >= 15 is 0 Å². The average Bonchev–Trinajstić information content (AvgIpc) is 2.80. The predicted molar refractivity (Wildman–Crippen MR) is 80.9 cm³/mol. The van der Waals surface area contributed by atoms with Crippen LogP contribution in [0.1, 0.15) is 22.2 Å². The van der Waals surface area contributed by atoms with Gasteiger partial charge in [-0.05, 0) is 19.4 Å². The van der Waals surface area contributed by atoms with Crippen LogP contribution >= 0.6 is 11.3 Å². The summed E-state index contributed by atoms with van der Waals surface area (Å²) >= 11 is 1.29. The number of rotatable bonds is 1. The van der Waals surface area contributed by atoms with Crippen molar-refractivity contribution in [3.63, 3.8) is 0 Å². The lowest BCUT2D eigenvalue weighted by Gasteiger charge is -2.31. The summed E-state index contributed by atoms with van der Waals surface area (Å²) in [5.74, 6) is -0.0345. The molecule has 1 amide bonds. The van der Waals surface area contributed by atoms with Gasteiger partial charge in [-0.1, -0.05) is 0 Å². The fourth-order valence-electron chi connectivity index (χ4n) is 2.56. The number of hydrogen-bond donors (Lipinski definition) is 0. The van der Waals surface area contributed by atoms with Crippen LogP contribution in [0, 0.1) is 6.92 Å². The van der Waals surface area contributed by atoms with Gasteiger partial charge in [0, 0.05) is 20.1 Å². The molecule has 0 aromatic carbocycles. The Kier molecular flexibility index (Phi) is 3.54. The van der Waals surface area contributed by atoms with Gasteiger partial charge in [-0.2, -0.15) is 0 Å². The van der Waals surface area contributed by atoms with Gasteiger partial charge in [0.1, 0.15) is 4.83 Å². The van der Waals surface area contributed by atoms with Gasteiger partial charge in [-0.15, -0.1) is 11.3 Å². The molecule has 0 spiro atoms. The molecule has 1 aliphatic rings. The highest BCUT2D eigenvalue weighted by Gasteiger charge is 2.26. The molecule has 0 saturated carbocycles. The smallest absolute Gasteiger partial charge is 0.264 e. The van der Waals surface area contributed by atoms with Crippen LogP contribution in [0.5, 0.6) is 0 Å². The summed E-state index contributed by atoms with van der Waals surface area (Å²) in [6, 6.07) is 0. The zero-order valence-electron chi connectivity index (χ0n) is 12.3. The number of aromatic nitrogens is 2. The quantitative estimate of drug-likeness (QED) is 0.793. The molecule has 0 radical (unpaired) electrons. The van der Waals surface area contributed by atoms with Crippen molar-refractivity contribution < 1.29 is 9.53 Å². The van der Waals surface area contributed by atoms with Crippen LogP contribution in [0.4, 0.5) is 0 Å². The third-order valence-corrected chi connectivity index (χ3v) is 4.92. The van der Waals surface area contributed by atoms with Crippen LogP contribution in [-0.4, -0.2) is 46.2 Å². The Morgan fingerprint density at radius 3 is 3.00 bits per heavy atom. The van der Waals surface area contributed by atoms with Crippen molar-refractivity contribution in [2.75, 3.05) is 19.7 Å². The molecule has 2 aromatic rings. The number of morpholine rings is 1. The number of fused-ring (bicyclic) bond motifs is 1. The first-order valence-electron chi connectivity index (χ1n) is 6.84. The number of amides is 1. The number of hydrogen-bond acceptors (Lipinski definition) is 5. The minimum absolute atomic E-state index is 0.0345. The third kappa shape index (κ3) is 2.36. The molecule has 1 aliphatic heterocycles. The van der Waals surface area contributed by atoms with Gasteiger partial charge >= 0.3 is 0 Å². The van der Waals surface area contributed by atoms with Crippen molar-refractivity contribution in [1.29, 1.82) is 0 Å². The van der Waals surface area contributed by atoms with Crippen LogP contribution in [-0.2, 0) is 11.8 Å². The Morgan fingerprint density at radius 1 is 1.52 bits per heavy atom. The van der Waals surface area contributed by atoms with Crippen LogP contribution in [0.3, 0.4) is 0 Å². The van der Waals surface area contributed by atoms with E-state index in [1.807, 2.05) is 13.8 Å². The Balaban J connectivity index is 2.05. The van der Waals surface area contributed by atoms with Crippen LogP contribution in [0.15, 0.2) is 11.1 Å². The first-order chi connectivity index (χ1) is 9.99. The van der Waals surface area contributed by atoms with Crippen LogP contribution < -0.4 is 5.56 Å². The molecule has 3 heterocycles. The van der Waals surface area contributed by atoms with Crippen molar-refractivity contribution in [1.82, 2.24) is 14.5 Å². The van der Waals surface area contributed by atoms with Gasteiger partial charge < -0.3 is 14.2 Å². The lowest BCUT2D eigenvalue weighted by molar-refractivity contribution is -0.0122. The fourth-order valence-corrected chi connectivity index (χ4v) is 3.67. The van der Waals surface area contributed by atoms with Gasteiger partial charge in [-0.3, -0.25) is 9.59 Å². The monoisotopic (exact) mass is 307 g/mol. The van der Waals surface area contributed by atoms with Gasteiger partial charge in [0.25, 0.3) is 11.5 Å². The maximum atomic E-state index is 12.7. The molecule has 0 N–H and O–H groups in total. The largest absolute Gasteiger partial charge is 0.375 e. The second kappa shape index (κ2) is 5.23. The molecule has 0 aliphatic carbocycles. The lowest BCUT2D eigenvalue weighted by Crippen LogP contribution is -2.44. The van der Waals surface area contributed by atoms with E-state index in [1.54, 1.807) is 11.9 Å². The van der Waals surface area contributed by atoms with Crippen LogP contribution in [0.25, 0.3) is 10.2 Å². The summed E-state index contributed by atoms with van der Waals surface area (Å²) in [5, 5.41) is 0.551. The standard InChI is InChI=1S/C14H17N3O3S/c1-8-6-17(4-5-20-8)14(19)11-9(2)10-12(21-11)15-7-16(3)13(10)18/h7-8H,4-6H2,1-3H3/t8-/m0/s1. The zero-order valence-corrected chi connectivity index (χ0v) is 13.1. The topological polar surface area (TPSA) is 64.4 Å². The van der Waals surface area contributed by atoms with E-state index < -0.39 is 0 Å². The number of carbonyl (C=O) groups excluding carboxylic acids is 1. The van der Waals surface area contributed by atoms with Crippen molar-refractivity contribution in [3.8, 4) is 0 Å². The highest BCUT2D eigenvalue weighted by Crippen LogP contribution is 2.28. The molecule has 3 rings (SSSR count). The highest BCUT2D eigenvalue weighted by atomic mass is 32.1. The highest BCUT2D eigenvalue weighted by molar-refractivity contribution is 7.20. The van der Waals surface area contributed by atoms with Gasteiger partial charge in [0.05, 0.1) is 29.3 Å². The molecule has 2 aromatic heterocycles. The summed E-state index contributed by atoms with van der Waals surface area (Å²) in [6.07, 6.45) is 1.54. The second-order valence-electron chi connectivity index (χ2n) is 5.33. The molecule has 6 nitrogen and oxygen atoms in total. The van der Waals surface area contributed by atoms with Crippen LogP contribution in [0.2, 0.25) is 0 Å². The summed E-state index contributed by atoms with van der Waals surface area (Å²) in [6.45, 7) is 5.49. The van der Waals surface area contributed by atoms with Gasteiger partial charge in [0.2, 0.25) is 0 Å². The number of carbonyl (C=O) groups is 1. The Bertz CT molecular complexity index is 765. The molecular formula is C14H17N3O3S. The number of aryl methyl sites for hydroxylation is 2. The number of thiophene rings is 1. The zero-order chi connectivity index (χ0) is 15.1. The van der Waals surface area contributed by atoms with E-state index in [0.717, 1.165) is 5.56 Å². The molecule has 1 fully saturated rings. The Labute approximate surface area is 126 Å². The molecule has 0 unspecified atom stereocenters. The second-order valence-corrected chi connectivity index (χ2v) is 6.33. The van der Waals surface area contributed by atoms with E-state index in [9.17, 15) is 9.59 Å². The van der Waals surface area contributed by atoms with Crippen molar-refractivity contribution >= 4 is 27.5 Å². The third-order valence-electron chi connectivity index (χ3n) is 3.73. The Hall–Kier alpha value is -1.73. The molecule has 112 valence electrons. The summed E-state index contributed by atoms with van der Waals surface area (Å²) in [4.78, 5) is 32.1. The SMILES string of the molecule is Cc1c(C(=O)N2CCO[C@@H](C)C2)sc2ncn(C)c(=O)c12. The van der Waals surface area contributed by atoms with E-state index in [-0.39, 0.29) is 17.6 Å². The minimum Gasteiger partial charge on any atom is -0.375 e. The van der Waals surface area contributed by atoms with Crippen molar-refractivity contribution in [2.45, 2.75) is 20.0 Å². The summed E-state index contributed by atoms with van der Waals surface area (Å²) in [7, 11) is 1.66. The summed E-state index contributed by atoms with van der Waals surface area (Å²) in [5.41, 5.74) is 0.621. The average molecular weight is 307 g/mol. The first kappa shape index (κ1) is 14.2. The first-order valence-corrected chi connectivity index (χ1v) is 7.66. The summed E-state index contributed by atoms with van der Waals surface area (Å²) < 4.78 is 6.90.